The van der Waals surface area contributed by atoms with E-state index in [-0.39, 0.29) is 46.3 Å². The highest BCUT2D eigenvalue weighted by Gasteiger charge is 2.60. The molecular formula is C48H47F2N11O5. The van der Waals surface area contributed by atoms with Crippen molar-refractivity contribution in [3.05, 3.63) is 133 Å². The predicted octanol–water partition coefficient (Wildman–Crippen LogP) is 6.98. The Bertz CT molecular complexity index is 3450. The number of aromatic nitrogens is 10. The molecular weight excluding hydrogens is 849 g/mol. The van der Waals surface area contributed by atoms with E-state index >= 15 is 13.6 Å². The highest BCUT2D eigenvalue weighted by atomic mass is 19.1. The Kier molecular flexibility index (Phi) is 8.62. The number of carbonyl (C=O) groups excluding carboxylic acids is 1. The molecule has 2 aromatic carbocycles. The van der Waals surface area contributed by atoms with Gasteiger partial charge >= 0.3 is 11.4 Å². The van der Waals surface area contributed by atoms with Crippen LogP contribution in [-0.2, 0) is 23.7 Å². The van der Waals surface area contributed by atoms with Gasteiger partial charge in [0.2, 0.25) is 0 Å². The summed E-state index contributed by atoms with van der Waals surface area (Å²) < 4.78 is 50.4. The SMILES string of the molecule is Cc1cc(-n2nc3c(c2-n2ccn(-c4ccc5c(cnn5C)c4F)c2=O)[C@@H]2CC[C@H](C3)N2C(=O)c2cc3nc(C4CCOC(C)(C)C4)ccc3n2[C@@]2(c3noc(=O)[nH]3)C[C@@H]2C)cc(C)c1F. The van der Waals surface area contributed by atoms with Gasteiger partial charge in [0.15, 0.2) is 11.6 Å². The summed E-state index contributed by atoms with van der Waals surface area (Å²) in [5, 5.41) is 13.8. The number of hydrogen-bond acceptors (Lipinski definition) is 9. The van der Waals surface area contributed by atoms with Gasteiger partial charge in [-0.05, 0) is 119 Å². The van der Waals surface area contributed by atoms with Gasteiger partial charge in [0, 0.05) is 55.7 Å². The molecule has 16 nitrogen and oxygen atoms in total. The van der Waals surface area contributed by atoms with Crippen molar-refractivity contribution in [2.75, 3.05) is 6.61 Å². The van der Waals surface area contributed by atoms with Crippen LogP contribution in [0, 0.1) is 31.4 Å². The Morgan fingerprint density at radius 2 is 1.70 bits per heavy atom. The third kappa shape index (κ3) is 5.78. The van der Waals surface area contributed by atoms with Gasteiger partial charge in [-0.3, -0.25) is 33.1 Å². The van der Waals surface area contributed by atoms with Gasteiger partial charge in [-0.2, -0.15) is 10.2 Å². The van der Waals surface area contributed by atoms with Gasteiger partial charge in [0.05, 0.1) is 56.8 Å². The summed E-state index contributed by atoms with van der Waals surface area (Å²) in [4.78, 5) is 52.9. The molecule has 66 heavy (non-hydrogen) atoms. The molecule has 1 saturated carbocycles. The number of hydrogen-bond donors (Lipinski definition) is 1. The van der Waals surface area contributed by atoms with Crippen LogP contribution >= 0.6 is 0 Å². The highest BCUT2D eigenvalue weighted by molar-refractivity contribution is 5.99. The molecule has 2 bridgehead atoms. The molecule has 0 spiro atoms. The Balaban J connectivity index is 1.02. The lowest BCUT2D eigenvalue weighted by Gasteiger charge is -2.35. The zero-order valence-electron chi connectivity index (χ0n) is 37.3. The fourth-order valence-corrected chi connectivity index (χ4v) is 11.5. The number of aryl methyl sites for hydroxylation is 3. The molecule has 1 amide bonds. The van der Waals surface area contributed by atoms with Crippen molar-refractivity contribution < 1.29 is 22.8 Å². The molecule has 3 aliphatic heterocycles. The number of carbonyl (C=O) groups is 1. The van der Waals surface area contributed by atoms with Crippen LogP contribution in [0.5, 0.6) is 0 Å². The van der Waals surface area contributed by atoms with E-state index < -0.39 is 28.8 Å². The van der Waals surface area contributed by atoms with E-state index in [9.17, 15) is 9.59 Å². The molecule has 8 aromatic rings. The Hall–Kier alpha value is -6.95. The lowest BCUT2D eigenvalue weighted by Crippen LogP contribution is -2.43. The molecule has 12 rings (SSSR count). The Morgan fingerprint density at radius 3 is 2.42 bits per heavy atom. The van der Waals surface area contributed by atoms with Crippen LogP contribution in [-0.4, -0.2) is 77.4 Å². The number of H-pyrrole nitrogens is 1. The van der Waals surface area contributed by atoms with E-state index in [0.29, 0.717) is 88.7 Å². The quantitative estimate of drug-likeness (QED) is 0.178. The third-order valence-corrected chi connectivity index (χ3v) is 14.8. The fraction of sp³-hybridized carbons (Fsp3) is 0.396. The van der Waals surface area contributed by atoms with E-state index in [1.165, 1.54) is 21.5 Å². The monoisotopic (exact) mass is 895 g/mol. The molecule has 338 valence electrons. The minimum absolute atomic E-state index is 0.0203. The molecule has 3 fully saturated rings. The summed E-state index contributed by atoms with van der Waals surface area (Å²) in [6, 6.07) is 11.8. The topological polar surface area (TPSA) is 169 Å². The smallest absolute Gasteiger partial charge is 0.376 e. The Labute approximate surface area is 375 Å². The second-order valence-electron chi connectivity index (χ2n) is 19.3. The number of pyridine rings is 1. The second-order valence-corrected chi connectivity index (χ2v) is 19.3. The largest absolute Gasteiger partial charge is 0.438 e. The molecule has 1 unspecified atom stereocenters. The first kappa shape index (κ1) is 40.6. The van der Waals surface area contributed by atoms with Gasteiger partial charge in [-0.15, -0.1) is 0 Å². The molecule has 4 aliphatic rings. The van der Waals surface area contributed by atoms with Crippen LogP contribution in [0.25, 0.3) is 39.1 Å². The summed E-state index contributed by atoms with van der Waals surface area (Å²) in [5.74, 6) is -1.01. The number of aromatic amines is 1. The van der Waals surface area contributed by atoms with Gasteiger partial charge in [-0.25, -0.2) is 23.1 Å². The number of halogens is 2. The van der Waals surface area contributed by atoms with Crippen LogP contribution in [0.3, 0.4) is 0 Å². The molecule has 1 aliphatic carbocycles. The minimum Gasteiger partial charge on any atom is -0.376 e. The molecule has 0 radical (unpaired) electrons. The second kappa shape index (κ2) is 14.0. The maximum atomic E-state index is 16.2. The normalized spacial score (nSPS) is 23.3. The van der Waals surface area contributed by atoms with Crippen molar-refractivity contribution in [1.82, 2.24) is 53.3 Å². The molecule has 9 heterocycles. The number of ether oxygens (including phenoxy) is 1. The van der Waals surface area contributed by atoms with Gasteiger partial charge < -0.3 is 14.2 Å². The maximum absolute atomic E-state index is 16.2. The van der Waals surface area contributed by atoms with E-state index in [2.05, 4.69) is 36.0 Å². The van der Waals surface area contributed by atoms with Crippen molar-refractivity contribution >= 4 is 27.8 Å². The number of amides is 1. The molecule has 1 N–H and O–H groups in total. The van der Waals surface area contributed by atoms with Crippen molar-refractivity contribution in [3.8, 4) is 17.2 Å². The summed E-state index contributed by atoms with van der Waals surface area (Å²) in [6.07, 6.45) is 8.38. The molecule has 18 heteroatoms. The third-order valence-electron chi connectivity index (χ3n) is 14.8. The summed E-state index contributed by atoms with van der Waals surface area (Å²) >= 11 is 0. The predicted molar refractivity (Wildman–Crippen MR) is 238 cm³/mol. The van der Waals surface area contributed by atoms with Crippen LogP contribution in [0.1, 0.15) is 109 Å². The minimum atomic E-state index is -0.887. The van der Waals surface area contributed by atoms with Crippen LogP contribution in [0.2, 0.25) is 0 Å². The number of rotatable bonds is 7. The van der Waals surface area contributed by atoms with E-state index in [1.807, 2.05) is 27.7 Å². The summed E-state index contributed by atoms with van der Waals surface area (Å²) in [5.41, 5.74) is 4.30. The lowest BCUT2D eigenvalue weighted by molar-refractivity contribution is -0.0597. The van der Waals surface area contributed by atoms with Gasteiger partial charge in [0.1, 0.15) is 22.9 Å². The molecule has 2 saturated heterocycles. The average Bonchev–Trinajstić information content (AvgIpc) is 3.99. The standard InChI is InChI=1S/C48H47F2N11O5/c1-24-17-29(18-25(2)40(24)49)61-42(58-15-14-57(46(58)64)37-12-11-34-30(41(37)50)23-51-56(34)6)39-33(54-61)19-28-7-9-36(39)59(28)43(62)38-20-32-35(10-8-31(52-32)27-13-16-65-47(4,5)22-27)60(38)48(21-26(48)3)44-53-45(63)66-55-44/h8,10-12,14-15,17-18,20,23,26-28,36H,7,9,13,16,19,21-22H2,1-6H3,(H,53,55,63)/t26-,27?,28+,36-,48-/m0/s1. The molecule has 6 aromatic heterocycles. The van der Waals surface area contributed by atoms with Crippen molar-refractivity contribution in [3.63, 3.8) is 0 Å². The average molecular weight is 896 g/mol. The van der Waals surface area contributed by atoms with Crippen molar-refractivity contribution in [1.29, 1.82) is 0 Å². The fourth-order valence-electron chi connectivity index (χ4n) is 11.5. The number of imidazole rings is 1. The van der Waals surface area contributed by atoms with Crippen LogP contribution in [0.15, 0.2) is 75.2 Å². The zero-order valence-corrected chi connectivity index (χ0v) is 37.3. The number of nitrogens with zero attached hydrogens (tertiary/aromatic N) is 10. The number of benzene rings is 2. The number of nitrogens with one attached hydrogen (secondary N) is 1. The van der Waals surface area contributed by atoms with Crippen LogP contribution < -0.4 is 11.4 Å². The molecule has 5 atom stereocenters. The van der Waals surface area contributed by atoms with E-state index in [4.69, 9.17) is 19.3 Å². The van der Waals surface area contributed by atoms with Crippen molar-refractivity contribution in [2.24, 2.45) is 13.0 Å². The van der Waals surface area contributed by atoms with Gasteiger partial charge in [-0.1, -0.05) is 12.1 Å². The van der Waals surface area contributed by atoms with E-state index in [0.717, 1.165) is 24.1 Å². The first-order valence-electron chi connectivity index (χ1n) is 22.5. The van der Waals surface area contributed by atoms with Crippen molar-refractivity contribution in [2.45, 2.75) is 102 Å². The summed E-state index contributed by atoms with van der Waals surface area (Å²) in [7, 11) is 1.72. The van der Waals surface area contributed by atoms with E-state index in [1.54, 1.807) is 60.7 Å². The summed E-state index contributed by atoms with van der Waals surface area (Å²) in [6.45, 7) is 10.2. The number of fused-ring (bicyclic) bond motifs is 6. The maximum Gasteiger partial charge on any atom is 0.438 e. The Morgan fingerprint density at radius 1 is 0.939 bits per heavy atom. The van der Waals surface area contributed by atoms with Gasteiger partial charge in [0.25, 0.3) is 5.91 Å². The first-order chi connectivity index (χ1) is 31.6. The first-order valence-corrected chi connectivity index (χ1v) is 22.5. The highest BCUT2D eigenvalue weighted by Crippen LogP contribution is 2.56. The lowest BCUT2D eigenvalue weighted by atomic mass is 9.86. The van der Waals surface area contributed by atoms with Crippen LogP contribution in [0.4, 0.5) is 8.78 Å². The zero-order chi connectivity index (χ0) is 45.7.